The predicted molar refractivity (Wildman–Crippen MR) is 118 cm³/mol. The lowest BCUT2D eigenvalue weighted by molar-refractivity contribution is 0.110. The van der Waals surface area contributed by atoms with E-state index in [-0.39, 0.29) is 6.73 Å². The van der Waals surface area contributed by atoms with Gasteiger partial charge in [0.2, 0.25) is 0 Å². The Morgan fingerprint density at radius 1 is 1.22 bits per heavy atom. The van der Waals surface area contributed by atoms with Gasteiger partial charge in [-0.15, -0.1) is 0 Å². The van der Waals surface area contributed by atoms with Gasteiger partial charge in [0, 0.05) is 36.1 Å². The molecular weight excluding hydrogens is 433 g/mol. The molecule has 11 heteroatoms. The Kier molecular flexibility index (Phi) is 6.50. The lowest BCUT2D eigenvalue weighted by Crippen LogP contribution is -2.41. The molecule has 0 aliphatic carbocycles. The third-order valence-electron chi connectivity index (χ3n) is 4.70. The van der Waals surface area contributed by atoms with Crippen LogP contribution in [-0.4, -0.2) is 37.7 Å². The average Bonchev–Trinajstić information content (AvgIpc) is 3.23. The van der Waals surface area contributed by atoms with Crippen LogP contribution < -0.4 is 11.1 Å². The number of nitrogens with two attached hydrogens (primary N) is 1. The van der Waals surface area contributed by atoms with Crippen molar-refractivity contribution in [2.45, 2.75) is 12.6 Å². The van der Waals surface area contributed by atoms with E-state index in [4.69, 9.17) is 20.0 Å². The van der Waals surface area contributed by atoms with Crippen LogP contribution in [0.5, 0.6) is 0 Å². The van der Waals surface area contributed by atoms with E-state index in [0.29, 0.717) is 23.4 Å². The molecule has 0 saturated heterocycles. The molecule has 0 radical (unpaired) electrons. The van der Waals surface area contributed by atoms with Crippen LogP contribution in [0.4, 0.5) is 11.5 Å². The van der Waals surface area contributed by atoms with E-state index in [1.165, 1.54) is 4.90 Å². The number of phosphoric acid groups is 1. The average molecular weight is 455 g/mol. The standard InChI is InChI=1S/C21H22N5O5P/c22-21-18(7-4-10-26(21)14-30-32(27,28)29)19-12-17(25-31-19)11-15-8-9-20(23-13-15)24-16-5-2-1-3-6-16/h1-10,12-13,21H,11,14,22H2,(H,23,24)(H2,27,28,29). The summed E-state index contributed by atoms with van der Waals surface area (Å²) in [7, 11) is -4.61. The van der Waals surface area contributed by atoms with E-state index in [1.54, 1.807) is 30.6 Å². The van der Waals surface area contributed by atoms with Crippen LogP contribution in [0.3, 0.4) is 0 Å². The third kappa shape index (κ3) is 5.70. The molecule has 0 bridgehead atoms. The van der Waals surface area contributed by atoms with Gasteiger partial charge in [0.15, 0.2) is 5.76 Å². The first-order valence-electron chi connectivity index (χ1n) is 9.70. The highest BCUT2D eigenvalue weighted by atomic mass is 31.2. The van der Waals surface area contributed by atoms with Crippen molar-refractivity contribution in [1.29, 1.82) is 0 Å². The number of hydrogen-bond acceptors (Lipinski definition) is 8. The first-order valence-corrected chi connectivity index (χ1v) is 11.2. The van der Waals surface area contributed by atoms with Crippen LogP contribution in [0.1, 0.15) is 17.0 Å². The van der Waals surface area contributed by atoms with Crippen molar-refractivity contribution in [2.75, 3.05) is 12.0 Å². The minimum Gasteiger partial charge on any atom is -0.356 e. The zero-order chi connectivity index (χ0) is 22.6. The fraction of sp³-hybridized carbons (Fsp3) is 0.143. The Balaban J connectivity index is 1.39. The molecule has 0 saturated carbocycles. The van der Waals surface area contributed by atoms with Crippen molar-refractivity contribution < 1.29 is 23.4 Å². The number of anilines is 2. The number of aromatic nitrogens is 2. The van der Waals surface area contributed by atoms with Gasteiger partial charge >= 0.3 is 7.82 Å². The summed E-state index contributed by atoms with van der Waals surface area (Å²) < 4.78 is 20.9. The van der Waals surface area contributed by atoms with E-state index < -0.39 is 14.0 Å². The van der Waals surface area contributed by atoms with Gasteiger partial charge in [-0.2, -0.15) is 0 Å². The largest absolute Gasteiger partial charge is 0.471 e. The lowest BCUT2D eigenvalue weighted by Gasteiger charge is -2.30. The summed E-state index contributed by atoms with van der Waals surface area (Å²) in [5.74, 6) is 1.21. The zero-order valence-electron chi connectivity index (χ0n) is 16.9. The number of nitrogens with one attached hydrogen (secondary N) is 1. The molecule has 1 atom stereocenters. The van der Waals surface area contributed by atoms with Gasteiger partial charge in [-0.05, 0) is 29.8 Å². The van der Waals surface area contributed by atoms with Gasteiger partial charge in [-0.3, -0.25) is 4.52 Å². The molecule has 32 heavy (non-hydrogen) atoms. The lowest BCUT2D eigenvalue weighted by atomic mass is 10.1. The monoisotopic (exact) mass is 455 g/mol. The summed E-state index contributed by atoms with van der Waals surface area (Å²) in [5.41, 5.74) is 9.43. The quantitative estimate of drug-likeness (QED) is 0.374. The topological polar surface area (TPSA) is 147 Å². The van der Waals surface area contributed by atoms with Crippen LogP contribution in [0.2, 0.25) is 0 Å². The highest BCUT2D eigenvalue weighted by Gasteiger charge is 2.25. The molecule has 1 aromatic carbocycles. The zero-order valence-corrected chi connectivity index (χ0v) is 17.8. The Morgan fingerprint density at radius 3 is 2.75 bits per heavy atom. The number of pyridine rings is 1. The normalized spacial score (nSPS) is 16.2. The molecule has 10 nitrogen and oxygen atoms in total. The molecule has 1 aliphatic rings. The van der Waals surface area contributed by atoms with E-state index in [1.807, 2.05) is 42.5 Å². The SMILES string of the molecule is NC1C(c2cc(Cc3ccc(Nc4ccccc4)nc3)no2)=CC=CN1COP(=O)(O)O. The molecule has 0 amide bonds. The van der Waals surface area contributed by atoms with Crippen molar-refractivity contribution in [3.63, 3.8) is 0 Å². The van der Waals surface area contributed by atoms with Crippen molar-refractivity contribution in [3.05, 3.63) is 90.1 Å². The second-order valence-corrected chi connectivity index (χ2v) is 8.31. The maximum absolute atomic E-state index is 10.9. The number of para-hydroxylation sites is 1. The summed E-state index contributed by atoms with van der Waals surface area (Å²) in [6.07, 6.45) is 6.61. The first-order chi connectivity index (χ1) is 15.4. The van der Waals surface area contributed by atoms with Crippen LogP contribution in [-0.2, 0) is 15.5 Å². The number of benzene rings is 1. The Bertz CT molecular complexity index is 1160. The summed E-state index contributed by atoms with van der Waals surface area (Å²) >= 11 is 0. The van der Waals surface area contributed by atoms with Crippen molar-refractivity contribution in [1.82, 2.24) is 15.0 Å². The molecule has 1 aliphatic heterocycles. The summed E-state index contributed by atoms with van der Waals surface area (Å²) in [4.78, 5) is 23.7. The van der Waals surface area contributed by atoms with Gasteiger partial charge in [0.1, 0.15) is 18.7 Å². The van der Waals surface area contributed by atoms with Crippen LogP contribution in [0, 0.1) is 0 Å². The fourth-order valence-corrected chi connectivity index (χ4v) is 3.42. The number of hydrogen-bond donors (Lipinski definition) is 4. The molecule has 0 spiro atoms. The van der Waals surface area contributed by atoms with Crippen LogP contribution >= 0.6 is 7.82 Å². The number of rotatable bonds is 8. The fourth-order valence-electron chi connectivity index (χ4n) is 3.13. The predicted octanol–water partition coefficient (Wildman–Crippen LogP) is 2.97. The maximum Gasteiger partial charge on any atom is 0.471 e. The summed E-state index contributed by atoms with van der Waals surface area (Å²) in [6, 6.07) is 15.4. The molecule has 4 rings (SSSR count). The molecule has 3 aromatic rings. The van der Waals surface area contributed by atoms with Crippen molar-refractivity contribution in [2.24, 2.45) is 5.73 Å². The maximum atomic E-state index is 10.9. The minimum absolute atomic E-state index is 0.366. The van der Waals surface area contributed by atoms with Gasteiger partial charge in [0.25, 0.3) is 0 Å². The first kappa shape index (κ1) is 21.9. The molecule has 0 fully saturated rings. The Hall–Kier alpha value is -3.27. The van der Waals surface area contributed by atoms with E-state index in [9.17, 15) is 4.57 Å². The van der Waals surface area contributed by atoms with E-state index in [0.717, 1.165) is 17.1 Å². The van der Waals surface area contributed by atoms with Gasteiger partial charge in [-0.1, -0.05) is 35.5 Å². The summed E-state index contributed by atoms with van der Waals surface area (Å²) in [6.45, 7) is -0.366. The Morgan fingerprint density at radius 2 is 2.03 bits per heavy atom. The van der Waals surface area contributed by atoms with Gasteiger partial charge in [-0.25, -0.2) is 9.55 Å². The second-order valence-electron chi connectivity index (χ2n) is 7.07. The van der Waals surface area contributed by atoms with Crippen molar-refractivity contribution in [3.8, 4) is 0 Å². The van der Waals surface area contributed by atoms with Crippen LogP contribution in [0.25, 0.3) is 5.57 Å². The molecule has 2 aromatic heterocycles. The molecule has 5 N–H and O–H groups in total. The van der Waals surface area contributed by atoms with Crippen LogP contribution in [0.15, 0.2) is 77.6 Å². The van der Waals surface area contributed by atoms with Crippen molar-refractivity contribution >= 4 is 24.9 Å². The molecular formula is C21H22N5O5P. The Labute approximate surface area is 184 Å². The van der Waals surface area contributed by atoms with E-state index >= 15 is 0 Å². The molecule has 166 valence electrons. The molecule has 1 unspecified atom stereocenters. The van der Waals surface area contributed by atoms with Gasteiger partial charge < -0.3 is 30.3 Å². The van der Waals surface area contributed by atoms with E-state index in [2.05, 4.69) is 20.0 Å². The highest BCUT2D eigenvalue weighted by Crippen LogP contribution is 2.36. The summed E-state index contributed by atoms with van der Waals surface area (Å²) in [5, 5.41) is 7.34. The number of nitrogens with zero attached hydrogens (tertiary/aromatic N) is 3. The second kappa shape index (κ2) is 9.47. The molecule has 3 heterocycles. The minimum atomic E-state index is -4.61. The number of phosphoric ester groups is 1. The number of allylic oxidation sites excluding steroid dienone is 2. The third-order valence-corrected chi connectivity index (χ3v) is 5.16. The van der Waals surface area contributed by atoms with Gasteiger partial charge in [0.05, 0.1) is 5.69 Å². The highest BCUT2D eigenvalue weighted by molar-refractivity contribution is 7.46. The smallest absolute Gasteiger partial charge is 0.356 e.